The highest BCUT2D eigenvalue weighted by molar-refractivity contribution is 5.77. The molecule has 1 amide bonds. The van der Waals surface area contributed by atoms with E-state index in [1.807, 2.05) is 0 Å². The molecule has 0 aliphatic carbocycles. The molecule has 1 atom stereocenters. The molecular formula is C12H25N3O. The lowest BCUT2D eigenvalue weighted by Gasteiger charge is -2.30. The van der Waals surface area contributed by atoms with Crippen LogP contribution in [0.1, 0.15) is 26.7 Å². The van der Waals surface area contributed by atoms with Gasteiger partial charge in [0.2, 0.25) is 5.91 Å². The van der Waals surface area contributed by atoms with Crippen molar-refractivity contribution in [3.63, 3.8) is 0 Å². The number of carbonyl (C=O) groups excluding carboxylic acids is 1. The monoisotopic (exact) mass is 227 g/mol. The SMILES string of the molecule is CC(C)CNC(=O)CNC1CCCN(C)C1. The van der Waals surface area contributed by atoms with Crippen LogP contribution >= 0.6 is 0 Å². The van der Waals surface area contributed by atoms with Gasteiger partial charge in [0.1, 0.15) is 0 Å². The summed E-state index contributed by atoms with van der Waals surface area (Å²) in [5.74, 6) is 0.631. The van der Waals surface area contributed by atoms with E-state index in [0.717, 1.165) is 13.1 Å². The number of hydrogen-bond donors (Lipinski definition) is 2. The summed E-state index contributed by atoms with van der Waals surface area (Å²) in [6.07, 6.45) is 2.41. The van der Waals surface area contributed by atoms with Crippen LogP contribution in [0.15, 0.2) is 0 Å². The quantitative estimate of drug-likeness (QED) is 0.716. The molecule has 0 bridgehead atoms. The number of nitrogens with one attached hydrogen (secondary N) is 2. The Hall–Kier alpha value is -0.610. The minimum Gasteiger partial charge on any atom is -0.355 e. The fraction of sp³-hybridized carbons (Fsp3) is 0.917. The molecule has 1 saturated heterocycles. The van der Waals surface area contributed by atoms with Gasteiger partial charge < -0.3 is 15.5 Å². The maximum absolute atomic E-state index is 11.5. The summed E-state index contributed by atoms with van der Waals surface area (Å²) in [6, 6.07) is 0.476. The summed E-state index contributed by atoms with van der Waals surface area (Å²) >= 11 is 0. The molecule has 0 aromatic heterocycles. The average Bonchev–Trinajstić information content (AvgIpc) is 2.23. The van der Waals surface area contributed by atoms with E-state index in [9.17, 15) is 4.79 Å². The molecule has 0 aromatic carbocycles. The smallest absolute Gasteiger partial charge is 0.233 e. The highest BCUT2D eigenvalue weighted by atomic mass is 16.1. The molecule has 0 aromatic rings. The van der Waals surface area contributed by atoms with E-state index in [1.165, 1.54) is 19.4 Å². The van der Waals surface area contributed by atoms with Crippen molar-refractivity contribution in [2.24, 2.45) is 5.92 Å². The van der Waals surface area contributed by atoms with E-state index in [4.69, 9.17) is 0 Å². The lowest BCUT2D eigenvalue weighted by Crippen LogP contribution is -2.47. The van der Waals surface area contributed by atoms with Crippen molar-refractivity contribution in [2.45, 2.75) is 32.7 Å². The largest absolute Gasteiger partial charge is 0.355 e. The molecule has 16 heavy (non-hydrogen) atoms. The Morgan fingerprint density at radius 2 is 2.25 bits per heavy atom. The maximum atomic E-state index is 11.5. The molecule has 1 rings (SSSR count). The summed E-state index contributed by atoms with van der Waals surface area (Å²) in [7, 11) is 2.13. The van der Waals surface area contributed by atoms with Gasteiger partial charge in [0.25, 0.3) is 0 Å². The van der Waals surface area contributed by atoms with Crippen molar-refractivity contribution < 1.29 is 4.79 Å². The molecule has 94 valence electrons. The van der Waals surface area contributed by atoms with E-state index < -0.39 is 0 Å². The first kappa shape index (κ1) is 13.5. The van der Waals surface area contributed by atoms with Crippen molar-refractivity contribution in [2.75, 3.05) is 33.2 Å². The Morgan fingerprint density at radius 3 is 2.88 bits per heavy atom. The minimum absolute atomic E-state index is 0.113. The Morgan fingerprint density at radius 1 is 1.50 bits per heavy atom. The highest BCUT2D eigenvalue weighted by Gasteiger charge is 2.17. The molecule has 0 spiro atoms. The van der Waals surface area contributed by atoms with Gasteiger partial charge in [-0.1, -0.05) is 13.8 Å². The first-order chi connectivity index (χ1) is 7.58. The number of piperidine rings is 1. The summed E-state index contributed by atoms with van der Waals surface area (Å²) in [5.41, 5.74) is 0. The minimum atomic E-state index is 0.113. The molecule has 1 fully saturated rings. The fourth-order valence-electron chi connectivity index (χ4n) is 1.95. The maximum Gasteiger partial charge on any atom is 0.233 e. The predicted molar refractivity (Wildman–Crippen MR) is 66.4 cm³/mol. The zero-order valence-electron chi connectivity index (χ0n) is 10.8. The zero-order chi connectivity index (χ0) is 12.0. The van der Waals surface area contributed by atoms with E-state index in [0.29, 0.717) is 18.5 Å². The summed E-state index contributed by atoms with van der Waals surface area (Å²) < 4.78 is 0. The van der Waals surface area contributed by atoms with Gasteiger partial charge in [-0.05, 0) is 32.4 Å². The Balaban J connectivity index is 2.11. The van der Waals surface area contributed by atoms with E-state index >= 15 is 0 Å². The molecule has 2 N–H and O–H groups in total. The molecule has 1 unspecified atom stereocenters. The summed E-state index contributed by atoms with van der Waals surface area (Å²) in [5, 5.41) is 6.24. The number of amides is 1. The van der Waals surface area contributed by atoms with E-state index in [-0.39, 0.29) is 5.91 Å². The molecule has 1 aliphatic rings. The third-order valence-corrected chi connectivity index (χ3v) is 2.88. The molecule has 1 heterocycles. The number of likely N-dealkylation sites (N-methyl/N-ethyl adjacent to an activating group) is 1. The van der Waals surface area contributed by atoms with Crippen molar-refractivity contribution >= 4 is 5.91 Å². The average molecular weight is 227 g/mol. The second-order valence-electron chi connectivity index (χ2n) is 5.18. The first-order valence-electron chi connectivity index (χ1n) is 6.26. The predicted octanol–water partition coefficient (Wildman–Crippen LogP) is 0.442. The van der Waals surface area contributed by atoms with Crippen molar-refractivity contribution in [3.05, 3.63) is 0 Å². The van der Waals surface area contributed by atoms with Crippen LogP contribution in [0.5, 0.6) is 0 Å². The van der Waals surface area contributed by atoms with Crippen LogP contribution in [0.25, 0.3) is 0 Å². The van der Waals surface area contributed by atoms with Crippen LogP contribution in [0.2, 0.25) is 0 Å². The molecule has 0 radical (unpaired) electrons. The van der Waals surface area contributed by atoms with Crippen molar-refractivity contribution in [3.8, 4) is 0 Å². The van der Waals surface area contributed by atoms with E-state index in [1.54, 1.807) is 0 Å². The van der Waals surface area contributed by atoms with Crippen LogP contribution in [0.4, 0.5) is 0 Å². The van der Waals surface area contributed by atoms with Gasteiger partial charge in [-0.3, -0.25) is 4.79 Å². The number of hydrogen-bond acceptors (Lipinski definition) is 3. The number of likely N-dealkylation sites (tertiary alicyclic amines) is 1. The van der Waals surface area contributed by atoms with Crippen LogP contribution in [0, 0.1) is 5.92 Å². The van der Waals surface area contributed by atoms with Crippen molar-refractivity contribution in [1.29, 1.82) is 0 Å². The van der Waals surface area contributed by atoms with Crippen LogP contribution in [0.3, 0.4) is 0 Å². The van der Waals surface area contributed by atoms with Gasteiger partial charge in [0, 0.05) is 19.1 Å². The molecule has 0 saturated carbocycles. The number of nitrogens with zero attached hydrogens (tertiary/aromatic N) is 1. The van der Waals surface area contributed by atoms with Crippen LogP contribution in [-0.4, -0.2) is 50.1 Å². The first-order valence-corrected chi connectivity index (χ1v) is 6.26. The topological polar surface area (TPSA) is 44.4 Å². The normalized spacial score (nSPS) is 22.4. The lowest BCUT2D eigenvalue weighted by atomic mass is 10.1. The van der Waals surface area contributed by atoms with E-state index in [2.05, 4.69) is 36.4 Å². The van der Waals surface area contributed by atoms with Gasteiger partial charge in [0.05, 0.1) is 6.54 Å². The Bertz CT molecular complexity index is 218. The molecule has 4 heteroatoms. The van der Waals surface area contributed by atoms with Crippen molar-refractivity contribution in [1.82, 2.24) is 15.5 Å². The second kappa shape index (κ2) is 6.86. The zero-order valence-corrected chi connectivity index (χ0v) is 10.8. The second-order valence-corrected chi connectivity index (χ2v) is 5.18. The Kier molecular flexibility index (Phi) is 5.77. The standard InChI is InChI=1S/C12H25N3O/c1-10(2)7-14-12(16)8-13-11-5-4-6-15(3)9-11/h10-11,13H,4-9H2,1-3H3,(H,14,16). The van der Waals surface area contributed by atoms with Gasteiger partial charge in [0.15, 0.2) is 0 Å². The number of rotatable bonds is 5. The van der Waals surface area contributed by atoms with Crippen LogP contribution < -0.4 is 10.6 Å². The molecule has 4 nitrogen and oxygen atoms in total. The lowest BCUT2D eigenvalue weighted by molar-refractivity contribution is -0.120. The molecular weight excluding hydrogens is 202 g/mol. The number of carbonyl (C=O) groups is 1. The summed E-state index contributed by atoms with van der Waals surface area (Å²) in [6.45, 7) is 7.65. The fourth-order valence-corrected chi connectivity index (χ4v) is 1.95. The summed E-state index contributed by atoms with van der Waals surface area (Å²) in [4.78, 5) is 13.8. The molecule has 1 aliphatic heterocycles. The third kappa shape index (κ3) is 5.47. The Labute approximate surface area is 98.8 Å². The highest BCUT2D eigenvalue weighted by Crippen LogP contribution is 2.07. The van der Waals surface area contributed by atoms with Gasteiger partial charge >= 0.3 is 0 Å². The third-order valence-electron chi connectivity index (χ3n) is 2.88. The van der Waals surface area contributed by atoms with Gasteiger partial charge in [-0.25, -0.2) is 0 Å². The van der Waals surface area contributed by atoms with Gasteiger partial charge in [-0.2, -0.15) is 0 Å². The van der Waals surface area contributed by atoms with Gasteiger partial charge in [-0.15, -0.1) is 0 Å². The van der Waals surface area contributed by atoms with Crippen LogP contribution in [-0.2, 0) is 4.79 Å².